The van der Waals surface area contributed by atoms with E-state index in [2.05, 4.69) is 0 Å². The Morgan fingerprint density at radius 1 is 0.964 bits per heavy atom. The largest absolute Gasteiger partial charge is 0.494 e. The highest BCUT2D eigenvalue weighted by atomic mass is 35.5. The second-order valence-electron chi connectivity index (χ2n) is 5.95. The molecule has 0 aliphatic heterocycles. The Labute approximate surface area is 169 Å². The molecule has 3 aromatic carbocycles. The highest BCUT2D eigenvalue weighted by molar-refractivity contribution is 7.92. The summed E-state index contributed by atoms with van der Waals surface area (Å²) in [5.74, 6) is 0.0546. The van der Waals surface area contributed by atoms with Crippen LogP contribution in [0.5, 0.6) is 5.75 Å². The van der Waals surface area contributed by atoms with Gasteiger partial charge in [-0.1, -0.05) is 35.9 Å². The Bertz CT molecular complexity index is 1020. The van der Waals surface area contributed by atoms with Gasteiger partial charge in [0.1, 0.15) is 11.6 Å². The first-order chi connectivity index (χ1) is 13.4. The lowest BCUT2D eigenvalue weighted by Gasteiger charge is -2.25. The number of hydrogen-bond donors (Lipinski definition) is 0. The van der Waals surface area contributed by atoms with Gasteiger partial charge in [0.05, 0.1) is 23.7 Å². The van der Waals surface area contributed by atoms with Crippen molar-refractivity contribution in [2.75, 3.05) is 10.9 Å². The number of hydrogen-bond acceptors (Lipinski definition) is 3. The molecule has 0 aliphatic carbocycles. The first-order valence-corrected chi connectivity index (χ1v) is 10.5. The van der Waals surface area contributed by atoms with Crippen molar-refractivity contribution in [3.63, 3.8) is 0 Å². The van der Waals surface area contributed by atoms with E-state index in [1.807, 2.05) is 6.92 Å². The summed E-state index contributed by atoms with van der Waals surface area (Å²) in [7, 11) is -3.94. The summed E-state index contributed by atoms with van der Waals surface area (Å²) in [6.07, 6.45) is 0. The molecule has 0 amide bonds. The highest BCUT2D eigenvalue weighted by Gasteiger charge is 2.27. The van der Waals surface area contributed by atoms with E-state index in [0.717, 1.165) is 4.31 Å². The molecule has 7 heteroatoms. The fourth-order valence-electron chi connectivity index (χ4n) is 2.74. The molecule has 0 spiro atoms. The molecule has 3 rings (SSSR count). The smallest absolute Gasteiger partial charge is 0.264 e. The lowest BCUT2D eigenvalue weighted by molar-refractivity contribution is 0.340. The number of nitrogens with zero attached hydrogens (tertiary/aromatic N) is 1. The highest BCUT2D eigenvalue weighted by Crippen LogP contribution is 2.30. The van der Waals surface area contributed by atoms with Gasteiger partial charge in [0.25, 0.3) is 10.0 Å². The monoisotopic (exact) mass is 419 g/mol. The first kappa shape index (κ1) is 20.2. The van der Waals surface area contributed by atoms with Crippen LogP contribution < -0.4 is 9.04 Å². The maximum absolute atomic E-state index is 14.4. The minimum Gasteiger partial charge on any atom is -0.494 e. The van der Waals surface area contributed by atoms with Crippen LogP contribution in [-0.2, 0) is 16.6 Å². The Morgan fingerprint density at radius 3 is 2.25 bits per heavy atom. The lowest BCUT2D eigenvalue weighted by atomic mass is 10.2. The number of sulfonamides is 1. The Hall–Kier alpha value is -2.57. The Balaban J connectivity index is 2.08. The molecule has 0 saturated heterocycles. The molecule has 0 N–H and O–H groups in total. The molecular weight excluding hydrogens is 401 g/mol. The van der Waals surface area contributed by atoms with Crippen LogP contribution in [0.3, 0.4) is 0 Å². The maximum atomic E-state index is 14.4. The van der Waals surface area contributed by atoms with Crippen molar-refractivity contribution < 1.29 is 17.5 Å². The van der Waals surface area contributed by atoms with Gasteiger partial charge < -0.3 is 4.74 Å². The third-order valence-electron chi connectivity index (χ3n) is 4.13. The molecule has 0 aliphatic rings. The zero-order valence-electron chi connectivity index (χ0n) is 15.2. The summed E-state index contributed by atoms with van der Waals surface area (Å²) in [6.45, 7) is 2.12. The summed E-state index contributed by atoms with van der Waals surface area (Å²) >= 11 is 6.14. The molecule has 3 aromatic rings. The SMILES string of the molecule is CCOc1ccc(N(Cc2c(F)cccc2Cl)S(=O)(=O)c2ccccc2)cc1. The van der Waals surface area contributed by atoms with Gasteiger partial charge in [-0.3, -0.25) is 4.31 Å². The summed E-state index contributed by atoms with van der Waals surface area (Å²) in [6, 6.07) is 18.9. The van der Waals surface area contributed by atoms with Crippen LogP contribution in [0.25, 0.3) is 0 Å². The predicted molar refractivity (Wildman–Crippen MR) is 109 cm³/mol. The first-order valence-electron chi connectivity index (χ1n) is 8.67. The molecule has 0 heterocycles. The van der Waals surface area contributed by atoms with E-state index < -0.39 is 15.8 Å². The number of benzene rings is 3. The van der Waals surface area contributed by atoms with Gasteiger partial charge in [-0.2, -0.15) is 0 Å². The number of halogens is 2. The van der Waals surface area contributed by atoms with E-state index in [1.165, 1.54) is 30.3 Å². The van der Waals surface area contributed by atoms with Crippen molar-refractivity contribution in [2.24, 2.45) is 0 Å². The third-order valence-corrected chi connectivity index (χ3v) is 6.27. The molecule has 0 atom stereocenters. The maximum Gasteiger partial charge on any atom is 0.264 e. The molecule has 28 heavy (non-hydrogen) atoms. The van der Waals surface area contributed by atoms with Gasteiger partial charge in [-0.15, -0.1) is 0 Å². The quantitative estimate of drug-likeness (QED) is 0.523. The fourth-order valence-corrected chi connectivity index (χ4v) is 4.41. The van der Waals surface area contributed by atoms with E-state index in [1.54, 1.807) is 42.5 Å². The lowest BCUT2D eigenvalue weighted by Crippen LogP contribution is -2.31. The third kappa shape index (κ3) is 4.29. The number of anilines is 1. The van der Waals surface area contributed by atoms with Crippen LogP contribution in [0, 0.1) is 5.82 Å². The molecule has 0 unspecified atom stereocenters. The minimum absolute atomic E-state index is 0.108. The van der Waals surface area contributed by atoms with E-state index in [4.69, 9.17) is 16.3 Å². The summed E-state index contributed by atoms with van der Waals surface area (Å²) in [5, 5.41) is 0.166. The van der Waals surface area contributed by atoms with E-state index >= 15 is 0 Å². The standard InChI is InChI=1S/C21H19ClFNO3S/c1-2-27-17-13-11-16(12-14-17)24(15-19-20(22)9-6-10-21(19)23)28(25,26)18-7-4-3-5-8-18/h3-14H,2,15H2,1H3. The van der Waals surface area contributed by atoms with Gasteiger partial charge in [-0.05, 0) is 55.5 Å². The van der Waals surface area contributed by atoms with Gasteiger partial charge in [0.2, 0.25) is 0 Å². The summed E-state index contributed by atoms with van der Waals surface area (Å²) in [4.78, 5) is 0.108. The second kappa shape index (κ2) is 8.63. The van der Waals surface area contributed by atoms with Crippen LogP contribution in [0.15, 0.2) is 77.7 Å². The Morgan fingerprint density at radius 2 is 1.64 bits per heavy atom. The molecular formula is C21H19ClFNO3S. The zero-order valence-corrected chi connectivity index (χ0v) is 16.8. The molecule has 4 nitrogen and oxygen atoms in total. The van der Waals surface area contributed by atoms with Crippen LogP contribution in [-0.4, -0.2) is 15.0 Å². The van der Waals surface area contributed by atoms with Crippen LogP contribution >= 0.6 is 11.6 Å². The van der Waals surface area contributed by atoms with Gasteiger partial charge in [0, 0.05) is 10.6 Å². The fraction of sp³-hybridized carbons (Fsp3) is 0.143. The van der Waals surface area contributed by atoms with Gasteiger partial charge >= 0.3 is 0 Å². The van der Waals surface area contributed by atoms with E-state index in [-0.39, 0.29) is 22.0 Å². The van der Waals surface area contributed by atoms with Crippen molar-refractivity contribution in [3.8, 4) is 5.75 Å². The second-order valence-corrected chi connectivity index (χ2v) is 8.22. The average Bonchev–Trinajstić information content (AvgIpc) is 2.69. The molecule has 0 radical (unpaired) electrons. The molecule has 0 aromatic heterocycles. The van der Waals surface area contributed by atoms with E-state index in [0.29, 0.717) is 18.0 Å². The molecule has 146 valence electrons. The van der Waals surface area contributed by atoms with E-state index in [9.17, 15) is 12.8 Å². The van der Waals surface area contributed by atoms with Gasteiger partial charge in [-0.25, -0.2) is 12.8 Å². The topological polar surface area (TPSA) is 46.6 Å². The zero-order chi connectivity index (χ0) is 20.1. The van der Waals surface area contributed by atoms with Crippen LogP contribution in [0.1, 0.15) is 12.5 Å². The minimum atomic E-state index is -3.94. The van der Waals surface area contributed by atoms with Crippen molar-refractivity contribution in [1.82, 2.24) is 0 Å². The van der Waals surface area contributed by atoms with Crippen molar-refractivity contribution in [3.05, 3.63) is 89.2 Å². The van der Waals surface area contributed by atoms with Crippen LogP contribution in [0.2, 0.25) is 5.02 Å². The molecule has 0 saturated carbocycles. The number of rotatable bonds is 7. The van der Waals surface area contributed by atoms with Crippen LogP contribution in [0.4, 0.5) is 10.1 Å². The molecule has 0 fully saturated rings. The average molecular weight is 420 g/mol. The summed E-state index contributed by atoms with van der Waals surface area (Å²) in [5.41, 5.74) is 0.490. The van der Waals surface area contributed by atoms with Gasteiger partial charge in [0.15, 0.2) is 0 Å². The summed E-state index contributed by atoms with van der Waals surface area (Å²) < 4.78 is 47.5. The van der Waals surface area contributed by atoms with Crippen molar-refractivity contribution in [1.29, 1.82) is 0 Å². The Kier molecular flexibility index (Phi) is 6.21. The van der Waals surface area contributed by atoms with Crippen molar-refractivity contribution in [2.45, 2.75) is 18.4 Å². The van der Waals surface area contributed by atoms with Crippen molar-refractivity contribution >= 4 is 27.3 Å². The number of ether oxygens (including phenoxy) is 1. The predicted octanol–water partition coefficient (Wildman–Crippen LogP) is 5.27. The molecule has 0 bridgehead atoms. The normalized spacial score (nSPS) is 11.2.